The third kappa shape index (κ3) is 4.18. The first-order valence-electron chi connectivity index (χ1n) is 9.72. The molecule has 3 aromatic rings. The van der Waals surface area contributed by atoms with Gasteiger partial charge in [0.1, 0.15) is 18.0 Å². The van der Waals surface area contributed by atoms with Crippen molar-refractivity contribution < 1.29 is 9.84 Å². The lowest BCUT2D eigenvalue weighted by Crippen LogP contribution is -2.47. The summed E-state index contributed by atoms with van der Waals surface area (Å²) in [5.74, 6) is 0.872. The predicted octanol–water partition coefficient (Wildman–Crippen LogP) is 4.19. The molecule has 0 saturated carbocycles. The average molecular weight is 364 g/mol. The van der Waals surface area contributed by atoms with E-state index in [1.165, 1.54) is 22.0 Å². The second-order valence-electron chi connectivity index (χ2n) is 7.96. The van der Waals surface area contributed by atoms with Crippen LogP contribution in [0.25, 0.3) is 10.9 Å². The lowest BCUT2D eigenvalue weighted by molar-refractivity contribution is -0.0538. The standard InChI is InChI=1S/C23H28N2O2/c1-17-3-6-22(18(2)13-17)27-16-23(26)8-11-25(12-9-23)15-19-4-5-21-20(14-19)7-10-24-21/h3-7,10,13-14,24,26H,8-9,11-12,15-16H2,1-2H3. The van der Waals surface area contributed by atoms with Crippen molar-refractivity contribution in [2.75, 3.05) is 19.7 Å². The summed E-state index contributed by atoms with van der Waals surface area (Å²) < 4.78 is 5.96. The minimum absolute atomic E-state index is 0.361. The molecular weight excluding hydrogens is 336 g/mol. The Bertz CT molecular complexity index is 923. The molecule has 142 valence electrons. The number of piperidine rings is 1. The molecule has 4 nitrogen and oxygen atoms in total. The van der Waals surface area contributed by atoms with E-state index < -0.39 is 5.60 Å². The fourth-order valence-corrected chi connectivity index (χ4v) is 3.90. The second-order valence-corrected chi connectivity index (χ2v) is 7.96. The Labute approximate surface area is 160 Å². The first-order valence-corrected chi connectivity index (χ1v) is 9.72. The predicted molar refractivity (Wildman–Crippen MR) is 109 cm³/mol. The number of hydrogen-bond acceptors (Lipinski definition) is 3. The highest BCUT2D eigenvalue weighted by atomic mass is 16.5. The van der Waals surface area contributed by atoms with Crippen LogP contribution in [0.5, 0.6) is 5.75 Å². The third-order valence-corrected chi connectivity index (χ3v) is 5.64. The first kappa shape index (κ1) is 18.1. The van der Waals surface area contributed by atoms with Crippen LogP contribution in [-0.4, -0.2) is 40.3 Å². The maximum atomic E-state index is 10.9. The van der Waals surface area contributed by atoms with Gasteiger partial charge in [-0.05, 0) is 67.5 Å². The van der Waals surface area contributed by atoms with Crippen LogP contribution in [0.1, 0.15) is 29.5 Å². The smallest absolute Gasteiger partial charge is 0.122 e. The minimum Gasteiger partial charge on any atom is -0.490 e. The first-order chi connectivity index (χ1) is 13.0. The number of aryl methyl sites for hydroxylation is 2. The van der Waals surface area contributed by atoms with Crippen LogP contribution in [0.4, 0.5) is 0 Å². The van der Waals surface area contributed by atoms with Gasteiger partial charge in [0.2, 0.25) is 0 Å². The van der Waals surface area contributed by atoms with E-state index in [2.05, 4.69) is 60.1 Å². The van der Waals surface area contributed by atoms with Crippen LogP contribution >= 0.6 is 0 Å². The van der Waals surface area contributed by atoms with Crippen LogP contribution in [0.3, 0.4) is 0 Å². The molecule has 27 heavy (non-hydrogen) atoms. The van der Waals surface area contributed by atoms with Gasteiger partial charge in [0.25, 0.3) is 0 Å². The fourth-order valence-electron chi connectivity index (χ4n) is 3.90. The number of ether oxygens (including phenoxy) is 1. The van der Waals surface area contributed by atoms with Gasteiger partial charge in [0, 0.05) is 31.3 Å². The Kier molecular flexibility index (Phi) is 4.94. The highest BCUT2D eigenvalue weighted by molar-refractivity contribution is 5.79. The lowest BCUT2D eigenvalue weighted by atomic mass is 9.92. The number of hydrogen-bond donors (Lipinski definition) is 2. The molecule has 0 amide bonds. The molecule has 0 aliphatic carbocycles. The summed E-state index contributed by atoms with van der Waals surface area (Å²) in [5, 5.41) is 12.2. The van der Waals surface area contributed by atoms with Crippen LogP contribution in [0.2, 0.25) is 0 Å². The van der Waals surface area contributed by atoms with Gasteiger partial charge in [-0.3, -0.25) is 4.90 Å². The van der Waals surface area contributed by atoms with E-state index in [1.807, 2.05) is 12.3 Å². The maximum Gasteiger partial charge on any atom is 0.122 e. The Hall–Kier alpha value is -2.30. The van der Waals surface area contributed by atoms with Crippen molar-refractivity contribution in [3.63, 3.8) is 0 Å². The lowest BCUT2D eigenvalue weighted by Gasteiger charge is -2.38. The van der Waals surface area contributed by atoms with E-state index >= 15 is 0 Å². The summed E-state index contributed by atoms with van der Waals surface area (Å²) in [5.41, 5.74) is 4.11. The SMILES string of the molecule is Cc1ccc(OCC2(O)CCN(Cc3ccc4[nH]ccc4c3)CC2)c(C)c1. The Morgan fingerprint density at radius 1 is 1.07 bits per heavy atom. The second kappa shape index (κ2) is 7.37. The van der Waals surface area contributed by atoms with Gasteiger partial charge in [0.15, 0.2) is 0 Å². The number of aliphatic hydroxyl groups is 1. The minimum atomic E-state index is -0.738. The van der Waals surface area contributed by atoms with Crippen LogP contribution < -0.4 is 4.74 Å². The molecule has 2 N–H and O–H groups in total. The van der Waals surface area contributed by atoms with Crippen LogP contribution in [0.15, 0.2) is 48.7 Å². The van der Waals surface area contributed by atoms with Crippen molar-refractivity contribution in [2.45, 2.75) is 38.8 Å². The van der Waals surface area contributed by atoms with Crippen molar-refractivity contribution >= 4 is 10.9 Å². The molecule has 2 heterocycles. The largest absolute Gasteiger partial charge is 0.490 e. The highest BCUT2D eigenvalue weighted by Gasteiger charge is 2.33. The average Bonchev–Trinajstić information content (AvgIpc) is 3.11. The van der Waals surface area contributed by atoms with E-state index in [0.29, 0.717) is 6.61 Å². The van der Waals surface area contributed by atoms with Crippen molar-refractivity contribution in [2.24, 2.45) is 0 Å². The topological polar surface area (TPSA) is 48.5 Å². The fraction of sp³-hybridized carbons (Fsp3) is 0.391. The zero-order valence-corrected chi connectivity index (χ0v) is 16.2. The molecule has 0 spiro atoms. The van der Waals surface area contributed by atoms with E-state index in [0.717, 1.165) is 43.8 Å². The summed E-state index contributed by atoms with van der Waals surface area (Å²) in [6.45, 7) is 7.19. The number of fused-ring (bicyclic) bond motifs is 1. The van der Waals surface area contributed by atoms with Crippen molar-refractivity contribution in [1.29, 1.82) is 0 Å². The molecule has 0 bridgehead atoms. The van der Waals surface area contributed by atoms with E-state index in [1.54, 1.807) is 0 Å². The van der Waals surface area contributed by atoms with Gasteiger partial charge in [-0.25, -0.2) is 0 Å². The molecule has 0 radical (unpaired) electrons. The monoisotopic (exact) mass is 364 g/mol. The van der Waals surface area contributed by atoms with Gasteiger partial charge >= 0.3 is 0 Å². The number of nitrogens with one attached hydrogen (secondary N) is 1. The van der Waals surface area contributed by atoms with Gasteiger partial charge < -0.3 is 14.8 Å². The molecule has 1 aliphatic rings. The number of likely N-dealkylation sites (tertiary alicyclic amines) is 1. The number of aromatic nitrogens is 1. The molecule has 4 heteroatoms. The van der Waals surface area contributed by atoms with E-state index in [9.17, 15) is 5.11 Å². The zero-order chi connectivity index (χ0) is 18.9. The number of benzene rings is 2. The number of nitrogens with zero attached hydrogens (tertiary/aromatic N) is 1. The summed E-state index contributed by atoms with van der Waals surface area (Å²) in [7, 11) is 0. The molecule has 1 aliphatic heterocycles. The van der Waals surface area contributed by atoms with Crippen molar-refractivity contribution in [3.05, 3.63) is 65.4 Å². The summed E-state index contributed by atoms with van der Waals surface area (Å²) in [4.78, 5) is 5.65. The molecule has 2 aromatic carbocycles. The van der Waals surface area contributed by atoms with Crippen LogP contribution in [0, 0.1) is 13.8 Å². The molecule has 1 saturated heterocycles. The van der Waals surface area contributed by atoms with Crippen LogP contribution in [-0.2, 0) is 6.54 Å². The quantitative estimate of drug-likeness (QED) is 0.714. The Balaban J connectivity index is 1.32. The molecular formula is C23H28N2O2. The van der Waals surface area contributed by atoms with E-state index in [-0.39, 0.29) is 0 Å². The summed E-state index contributed by atoms with van der Waals surface area (Å²) in [6, 6.07) is 14.8. The highest BCUT2D eigenvalue weighted by Crippen LogP contribution is 2.27. The van der Waals surface area contributed by atoms with Gasteiger partial charge in [-0.1, -0.05) is 23.8 Å². The van der Waals surface area contributed by atoms with Crippen molar-refractivity contribution in [1.82, 2.24) is 9.88 Å². The normalized spacial score (nSPS) is 17.3. The molecule has 0 atom stereocenters. The molecule has 1 fully saturated rings. The van der Waals surface area contributed by atoms with Gasteiger partial charge in [-0.15, -0.1) is 0 Å². The van der Waals surface area contributed by atoms with E-state index in [4.69, 9.17) is 4.74 Å². The van der Waals surface area contributed by atoms with Gasteiger partial charge in [0.05, 0.1) is 0 Å². The molecule has 0 unspecified atom stereocenters. The molecule has 1 aromatic heterocycles. The summed E-state index contributed by atoms with van der Waals surface area (Å²) in [6.07, 6.45) is 3.46. The Morgan fingerprint density at radius 2 is 1.89 bits per heavy atom. The molecule has 4 rings (SSSR count). The number of rotatable bonds is 5. The third-order valence-electron chi connectivity index (χ3n) is 5.64. The summed E-state index contributed by atoms with van der Waals surface area (Å²) >= 11 is 0. The number of H-pyrrole nitrogens is 1. The zero-order valence-electron chi connectivity index (χ0n) is 16.2. The maximum absolute atomic E-state index is 10.9. The number of aromatic amines is 1. The van der Waals surface area contributed by atoms with Crippen molar-refractivity contribution in [3.8, 4) is 5.75 Å². The van der Waals surface area contributed by atoms with Gasteiger partial charge in [-0.2, -0.15) is 0 Å². The Morgan fingerprint density at radius 3 is 2.67 bits per heavy atom.